The van der Waals surface area contributed by atoms with Gasteiger partial charge in [0.15, 0.2) is 0 Å². The molecule has 5 N–H and O–H groups in total. The van der Waals surface area contributed by atoms with Gasteiger partial charge in [0.05, 0.1) is 35.1 Å². The fourth-order valence-electron chi connectivity index (χ4n) is 2.73. The molecule has 1 aromatic heterocycles. The van der Waals surface area contributed by atoms with Crippen molar-refractivity contribution in [2.24, 2.45) is 0 Å². The number of nitrogen functional groups attached to an aromatic ring is 1. The highest BCUT2D eigenvalue weighted by molar-refractivity contribution is 14.1. The number of anilines is 1. The molecule has 0 atom stereocenters. The van der Waals surface area contributed by atoms with Crippen LogP contribution in [0.5, 0.6) is 0 Å². The quantitative estimate of drug-likeness (QED) is 0.274. The maximum Gasteiger partial charge on any atom is 0.337 e. The van der Waals surface area contributed by atoms with Gasteiger partial charge in [-0.25, -0.2) is 9.59 Å². The minimum Gasteiger partial charge on any atom is -0.478 e. The molecule has 1 aromatic carbocycles. The van der Waals surface area contributed by atoms with Crippen molar-refractivity contribution in [2.45, 2.75) is 0 Å². The summed E-state index contributed by atoms with van der Waals surface area (Å²) in [5.41, 5.74) is 4.02. The Balaban J connectivity index is 2.54. The number of benzene rings is 1. The van der Waals surface area contributed by atoms with Crippen LogP contribution in [-0.2, 0) is 0 Å². The van der Waals surface area contributed by atoms with Gasteiger partial charge in [0.2, 0.25) is 0 Å². The maximum atomic E-state index is 12.7. The molecule has 0 aliphatic carbocycles. The Hall–Kier alpha value is -1.76. The summed E-state index contributed by atoms with van der Waals surface area (Å²) in [6.45, 7) is 0. The Morgan fingerprint density at radius 3 is 1.89 bits per heavy atom. The zero-order valence-corrected chi connectivity index (χ0v) is 19.6. The summed E-state index contributed by atoms with van der Waals surface area (Å²) in [4.78, 5) is 60.0. The third-order valence-corrected chi connectivity index (χ3v) is 7.08. The lowest BCUT2D eigenvalue weighted by Gasteiger charge is -2.19. The summed E-state index contributed by atoms with van der Waals surface area (Å²) in [5.74, 6) is -4.76. The summed E-state index contributed by atoms with van der Waals surface area (Å²) in [5, 5.41) is 21.1. The largest absolute Gasteiger partial charge is 0.478 e. The van der Waals surface area contributed by atoms with Crippen molar-refractivity contribution in [3.8, 4) is 5.69 Å². The van der Waals surface area contributed by atoms with E-state index in [1.54, 1.807) is 67.8 Å². The first kappa shape index (κ1) is 21.0. The van der Waals surface area contributed by atoms with Crippen molar-refractivity contribution in [3.05, 3.63) is 49.4 Å². The first-order valence-electron chi connectivity index (χ1n) is 7.07. The number of pyridine rings is 1. The van der Waals surface area contributed by atoms with E-state index in [0.29, 0.717) is 0 Å². The lowest BCUT2D eigenvalue weighted by atomic mass is 10.1. The first-order chi connectivity index (χ1) is 13.0. The number of nitrogens with two attached hydrogens (primary N) is 1. The predicted molar refractivity (Wildman–Crippen MR) is 120 cm³/mol. The highest BCUT2D eigenvalue weighted by Gasteiger charge is 2.34. The fraction of sp³-hybridized carbons (Fsp3) is 0. The molecule has 1 aliphatic rings. The average molecular weight is 721 g/mol. The third-order valence-electron chi connectivity index (χ3n) is 3.90. The number of carboxylic acid groups (broad SMARTS) is 2. The van der Waals surface area contributed by atoms with Crippen LogP contribution < -0.4 is 16.6 Å². The van der Waals surface area contributed by atoms with Crippen LogP contribution in [0.2, 0.25) is 0 Å². The minimum atomic E-state index is -1.39. The highest BCUT2D eigenvalue weighted by atomic mass is 127. The molecule has 2 aromatic rings. The van der Waals surface area contributed by atoms with E-state index in [1.165, 1.54) is 0 Å². The second kappa shape index (κ2) is 7.25. The Morgan fingerprint density at radius 1 is 0.929 bits per heavy atom. The molecule has 10 nitrogen and oxygen atoms in total. The molecule has 3 rings (SSSR count). The van der Waals surface area contributed by atoms with Crippen molar-refractivity contribution in [1.29, 1.82) is 0 Å². The summed E-state index contributed by atoms with van der Waals surface area (Å²) in [6, 6.07) is 0.900. The van der Waals surface area contributed by atoms with Gasteiger partial charge in [-0.3, -0.25) is 24.3 Å². The molecule has 1 aliphatic heterocycles. The molecule has 0 radical (unpaired) electrons. The summed E-state index contributed by atoms with van der Waals surface area (Å²) < 4.78 is 0.941. The van der Waals surface area contributed by atoms with Gasteiger partial charge in [0.1, 0.15) is 5.82 Å². The molecule has 28 heavy (non-hydrogen) atoms. The van der Waals surface area contributed by atoms with E-state index in [-0.39, 0.29) is 38.7 Å². The predicted octanol–water partition coefficient (Wildman–Crippen LogP) is 1.51. The zero-order chi connectivity index (χ0) is 21.1. The Labute approximate surface area is 195 Å². The Morgan fingerprint density at radius 2 is 1.43 bits per heavy atom. The second-order valence-electron chi connectivity index (χ2n) is 5.43. The van der Waals surface area contributed by atoms with E-state index in [9.17, 15) is 34.2 Å². The number of fused-ring (bicyclic) bond motifs is 1. The Bertz CT molecular complexity index is 1160. The van der Waals surface area contributed by atoms with Gasteiger partial charge in [-0.2, -0.15) is 0 Å². The number of hydrogen-bond acceptors (Lipinski definition) is 6. The molecule has 0 saturated carbocycles. The van der Waals surface area contributed by atoms with Crippen molar-refractivity contribution >= 4 is 97.3 Å². The summed E-state index contributed by atoms with van der Waals surface area (Å²) in [6.07, 6.45) is 0. The van der Waals surface area contributed by atoms with Crippen molar-refractivity contribution < 1.29 is 29.4 Å². The number of carboxylic acids is 2. The maximum absolute atomic E-state index is 12.7. The molecule has 0 fully saturated rings. The third kappa shape index (κ3) is 2.98. The number of nitrogens with one attached hydrogen (secondary N) is 1. The van der Waals surface area contributed by atoms with Crippen LogP contribution in [0.15, 0.2) is 10.9 Å². The summed E-state index contributed by atoms with van der Waals surface area (Å²) in [7, 11) is 0. The van der Waals surface area contributed by atoms with Gasteiger partial charge in [-0.05, 0) is 67.8 Å². The van der Waals surface area contributed by atoms with Crippen molar-refractivity contribution in [2.75, 3.05) is 5.73 Å². The van der Waals surface area contributed by atoms with Gasteiger partial charge in [-0.15, -0.1) is 0 Å². The van der Waals surface area contributed by atoms with E-state index in [2.05, 4.69) is 0 Å². The second-order valence-corrected chi connectivity index (χ2v) is 8.66. The number of carbonyl (C=O) groups is 4. The molecule has 2 amide bonds. The lowest BCUT2D eigenvalue weighted by Crippen LogP contribution is -2.27. The molecule has 144 valence electrons. The fourth-order valence-corrected chi connectivity index (χ4v) is 7.30. The molecule has 2 heterocycles. The Kier molecular flexibility index (Phi) is 5.42. The normalized spacial score (nSPS) is 12.7. The SMILES string of the molecule is Nc1c2c(cc(=O)n1-c1c(I)c(C(=O)O)c(I)c(C(=O)O)c1I)C(=O)NC2=O. The number of aromatic carboxylic acids is 2. The van der Waals surface area contributed by atoms with Gasteiger partial charge < -0.3 is 15.9 Å². The molecule has 0 unspecified atom stereocenters. The number of hydrogen-bond donors (Lipinski definition) is 4. The van der Waals surface area contributed by atoms with Crippen molar-refractivity contribution in [1.82, 2.24) is 9.88 Å². The highest BCUT2D eigenvalue weighted by Crippen LogP contribution is 2.36. The van der Waals surface area contributed by atoms with Crippen LogP contribution in [0.3, 0.4) is 0 Å². The topological polar surface area (TPSA) is 169 Å². The molecular weight excluding hydrogens is 715 g/mol. The number of halogens is 3. The minimum absolute atomic E-state index is 0.0177. The van der Waals surface area contributed by atoms with Crippen LogP contribution in [0.4, 0.5) is 5.82 Å². The monoisotopic (exact) mass is 721 g/mol. The standard InChI is InChI=1S/C15H6I3N3O7/c16-7-5(14(25)26)8(17)10(9(18)6(7)15(27)28)21-3(22)1-2-4(11(21)19)13(24)20-12(2)23/h1H,19H2,(H,25,26)(H,27,28)(H,20,23,24). The zero-order valence-electron chi connectivity index (χ0n) is 13.2. The number of rotatable bonds is 3. The van der Waals surface area contributed by atoms with Crippen LogP contribution in [-0.4, -0.2) is 38.5 Å². The number of aromatic nitrogens is 1. The van der Waals surface area contributed by atoms with E-state index < -0.39 is 35.1 Å². The first-order valence-corrected chi connectivity index (χ1v) is 10.3. The van der Waals surface area contributed by atoms with Gasteiger partial charge in [0, 0.05) is 9.64 Å². The van der Waals surface area contributed by atoms with Crippen LogP contribution >= 0.6 is 67.8 Å². The number of carbonyl (C=O) groups excluding carboxylic acids is 2. The van der Waals surface area contributed by atoms with E-state index >= 15 is 0 Å². The smallest absolute Gasteiger partial charge is 0.337 e. The van der Waals surface area contributed by atoms with E-state index in [0.717, 1.165) is 10.6 Å². The number of amides is 2. The average Bonchev–Trinajstić information content (AvgIpc) is 2.83. The van der Waals surface area contributed by atoms with Crippen molar-refractivity contribution in [3.63, 3.8) is 0 Å². The summed E-state index contributed by atoms with van der Waals surface area (Å²) >= 11 is 4.96. The molecule has 13 heteroatoms. The van der Waals surface area contributed by atoms with Crippen LogP contribution in [0.25, 0.3) is 5.69 Å². The van der Waals surface area contributed by atoms with E-state index in [4.69, 9.17) is 5.73 Å². The lowest BCUT2D eigenvalue weighted by molar-refractivity contribution is 0.0692. The molecule has 0 spiro atoms. The molecule has 0 saturated heterocycles. The number of nitrogens with zero attached hydrogens (tertiary/aromatic N) is 1. The van der Waals surface area contributed by atoms with Crippen LogP contribution in [0, 0.1) is 10.7 Å². The van der Waals surface area contributed by atoms with Gasteiger partial charge >= 0.3 is 11.9 Å². The van der Waals surface area contributed by atoms with Gasteiger partial charge in [-0.1, -0.05) is 0 Å². The molecular formula is C15H6I3N3O7. The number of imide groups is 1. The van der Waals surface area contributed by atoms with Gasteiger partial charge in [0.25, 0.3) is 17.4 Å². The van der Waals surface area contributed by atoms with Crippen LogP contribution in [0.1, 0.15) is 41.4 Å². The molecule has 0 bridgehead atoms. The van der Waals surface area contributed by atoms with E-state index in [1.807, 2.05) is 5.32 Å².